The second-order valence-corrected chi connectivity index (χ2v) is 3.69. The lowest BCUT2D eigenvalue weighted by Gasteiger charge is -2.16. The van der Waals surface area contributed by atoms with Crippen LogP contribution in [0.25, 0.3) is 0 Å². The van der Waals surface area contributed by atoms with Crippen LogP contribution in [-0.4, -0.2) is 35.9 Å². The summed E-state index contributed by atoms with van der Waals surface area (Å²) in [5.41, 5.74) is 6.91. The van der Waals surface area contributed by atoms with E-state index in [9.17, 15) is 15.0 Å². The molecule has 0 saturated carbocycles. The van der Waals surface area contributed by atoms with Gasteiger partial charge in [-0.3, -0.25) is 0 Å². The number of rotatable bonds is 5. The molecule has 2 atom stereocenters. The van der Waals surface area contributed by atoms with Crippen LogP contribution < -0.4 is 5.73 Å². The lowest BCUT2D eigenvalue weighted by atomic mass is 10.0. The molecule has 0 bridgehead atoms. The van der Waals surface area contributed by atoms with Gasteiger partial charge in [0.1, 0.15) is 6.10 Å². The molecule has 0 aliphatic carbocycles. The molecule has 0 radical (unpaired) electrons. The van der Waals surface area contributed by atoms with Gasteiger partial charge in [-0.15, -0.1) is 0 Å². The number of carbonyl (C=O) groups excluding carboxylic acids is 1. The maximum absolute atomic E-state index is 11.0. The van der Waals surface area contributed by atoms with Gasteiger partial charge in [-0.1, -0.05) is 24.3 Å². The van der Waals surface area contributed by atoms with E-state index in [-0.39, 0.29) is 0 Å². The maximum Gasteiger partial charge on any atom is 0.337 e. The van der Waals surface area contributed by atoms with Crippen LogP contribution in [0.3, 0.4) is 0 Å². The molecule has 5 heteroatoms. The van der Waals surface area contributed by atoms with Gasteiger partial charge >= 0.3 is 5.97 Å². The first-order chi connectivity index (χ1) is 8.10. The highest BCUT2D eigenvalue weighted by Gasteiger charge is 2.26. The molecule has 1 aromatic carbocycles. The van der Waals surface area contributed by atoms with Gasteiger partial charge in [0.25, 0.3) is 0 Å². The molecule has 5 nitrogen and oxygen atoms in total. The van der Waals surface area contributed by atoms with Gasteiger partial charge in [0.05, 0.1) is 7.11 Å². The molecule has 94 valence electrons. The van der Waals surface area contributed by atoms with Gasteiger partial charge in [0.15, 0.2) is 6.10 Å². The number of nitrogens with two attached hydrogens (primary N) is 1. The Balaban J connectivity index is 2.75. The Hall–Kier alpha value is -1.43. The zero-order valence-corrected chi connectivity index (χ0v) is 9.67. The van der Waals surface area contributed by atoms with Crippen molar-refractivity contribution in [2.24, 2.45) is 5.73 Å². The van der Waals surface area contributed by atoms with Crippen molar-refractivity contribution in [3.63, 3.8) is 0 Å². The van der Waals surface area contributed by atoms with Crippen molar-refractivity contribution in [3.8, 4) is 0 Å². The van der Waals surface area contributed by atoms with Crippen LogP contribution in [0.4, 0.5) is 0 Å². The lowest BCUT2D eigenvalue weighted by Crippen LogP contribution is -2.29. The summed E-state index contributed by atoms with van der Waals surface area (Å²) in [5.74, 6) is -0.858. The fraction of sp³-hybridized carbons (Fsp3) is 0.417. The normalized spacial score (nSPS) is 14.1. The highest BCUT2D eigenvalue weighted by molar-refractivity contribution is 5.75. The second kappa shape index (κ2) is 6.34. The Labute approximate surface area is 99.8 Å². The van der Waals surface area contributed by atoms with Crippen molar-refractivity contribution in [2.45, 2.75) is 18.6 Å². The van der Waals surface area contributed by atoms with Gasteiger partial charge in [0.2, 0.25) is 0 Å². The minimum Gasteiger partial charge on any atom is -0.467 e. The molecule has 0 fully saturated rings. The van der Waals surface area contributed by atoms with E-state index in [1.807, 2.05) is 0 Å². The monoisotopic (exact) mass is 239 g/mol. The number of aliphatic hydroxyl groups is 2. The lowest BCUT2D eigenvalue weighted by molar-refractivity contribution is -0.156. The third-order valence-electron chi connectivity index (χ3n) is 2.50. The van der Waals surface area contributed by atoms with Crippen molar-refractivity contribution in [2.75, 3.05) is 13.7 Å². The van der Waals surface area contributed by atoms with Gasteiger partial charge in [-0.05, 0) is 24.1 Å². The van der Waals surface area contributed by atoms with Crippen LogP contribution >= 0.6 is 0 Å². The van der Waals surface area contributed by atoms with E-state index in [4.69, 9.17) is 5.73 Å². The second-order valence-electron chi connectivity index (χ2n) is 3.69. The standard InChI is InChI=1S/C12H17NO4/c1-17-12(16)11(15)10(14)9-4-2-8(3-5-9)6-7-13/h2-5,10-11,14-15H,6-7,13H2,1H3. The minimum absolute atomic E-state index is 0.462. The SMILES string of the molecule is COC(=O)C(O)C(O)c1ccc(CCN)cc1. The van der Waals surface area contributed by atoms with Crippen molar-refractivity contribution in [1.29, 1.82) is 0 Å². The van der Waals surface area contributed by atoms with E-state index in [1.165, 1.54) is 0 Å². The summed E-state index contributed by atoms with van der Waals surface area (Å²) in [6, 6.07) is 6.91. The summed E-state index contributed by atoms with van der Waals surface area (Å²) >= 11 is 0. The van der Waals surface area contributed by atoms with E-state index in [0.29, 0.717) is 12.1 Å². The average Bonchev–Trinajstić information content (AvgIpc) is 2.37. The topological polar surface area (TPSA) is 92.8 Å². The minimum atomic E-state index is -1.57. The molecule has 0 amide bonds. The van der Waals surface area contributed by atoms with E-state index in [1.54, 1.807) is 24.3 Å². The number of benzene rings is 1. The summed E-state index contributed by atoms with van der Waals surface area (Å²) in [4.78, 5) is 11.0. The summed E-state index contributed by atoms with van der Waals surface area (Å²) in [7, 11) is 1.16. The number of hydrogen-bond donors (Lipinski definition) is 3. The Morgan fingerprint density at radius 3 is 2.41 bits per heavy atom. The average molecular weight is 239 g/mol. The van der Waals surface area contributed by atoms with Gasteiger partial charge in [-0.25, -0.2) is 4.79 Å². The zero-order chi connectivity index (χ0) is 12.8. The molecule has 0 saturated heterocycles. The van der Waals surface area contributed by atoms with Crippen molar-refractivity contribution in [3.05, 3.63) is 35.4 Å². The molecule has 0 spiro atoms. The molecular weight excluding hydrogens is 222 g/mol. The molecule has 0 heterocycles. The quantitative estimate of drug-likeness (QED) is 0.616. The number of ether oxygens (including phenoxy) is 1. The molecule has 1 aromatic rings. The fourth-order valence-corrected chi connectivity index (χ4v) is 1.48. The van der Waals surface area contributed by atoms with Crippen LogP contribution in [0.1, 0.15) is 17.2 Å². The molecule has 2 unspecified atom stereocenters. The molecule has 0 aliphatic heterocycles. The van der Waals surface area contributed by atoms with E-state index >= 15 is 0 Å². The molecule has 1 rings (SSSR count). The number of methoxy groups -OCH3 is 1. The van der Waals surface area contributed by atoms with Gasteiger partial charge < -0.3 is 20.7 Å². The molecule has 0 aliphatic rings. The molecular formula is C12H17NO4. The summed E-state index contributed by atoms with van der Waals surface area (Å²) < 4.78 is 4.35. The summed E-state index contributed by atoms with van der Waals surface area (Å²) in [6.07, 6.45) is -2.11. The van der Waals surface area contributed by atoms with Gasteiger partial charge in [0, 0.05) is 0 Å². The molecule has 0 aromatic heterocycles. The first-order valence-electron chi connectivity index (χ1n) is 5.33. The summed E-state index contributed by atoms with van der Waals surface area (Å²) in [6.45, 7) is 0.548. The third-order valence-corrected chi connectivity index (χ3v) is 2.50. The first kappa shape index (κ1) is 13.6. The number of carbonyl (C=O) groups is 1. The Bertz CT molecular complexity index is 363. The Morgan fingerprint density at radius 1 is 1.35 bits per heavy atom. The predicted molar refractivity (Wildman–Crippen MR) is 62.2 cm³/mol. The fourth-order valence-electron chi connectivity index (χ4n) is 1.48. The van der Waals surface area contributed by atoms with Crippen LogP contribution in [0.5, 0.6) is 0 Å². The van der Waals surface area contributed by atoms with E-state index in [0.717, 1.165) is 19.1 Å². The van der Waals surface area contributed by atoms with Crippen molar-refractivity contribution < 1.29 is 19.7 Å². The summed E-state index contributed by atoms with van der Waals surface area (Å²) in [5, 5.41) is 19.2. The van der Waals surface area contributed by atoms with Crippen LogP contribution in [0.15, 0.2) is 24.3 Å². The van der Waals surface area contributed by atoms with E-state index in [2.05, 4.69) is 4.74 Å². The molecule has 4 N–H and O–H groups in total. The predicted octanol–water partition coefficient (Wildman–Crippen LogP) is -0.245. The third kappa shape index (κ3) is 3.52. The number of esters is 1. The zero-order valence-electron chi connectivity index (χ0n) is 9.67. The maximum atomic E-state index is 11.0. The smallest absolute Gasteiger partial charge is 0.337 e. The largest absolute Gasteiger partial charge is 0.467 e. The first-order valence-corrected chi connectivity index (χ1v) is 5.33. The van der Waals surface area contributed by atoms with Crippen molar-refractivity contribution in [1.82, 2.24) is 0 Å². The Kier molecular flexibility index (Phi) is 5.09. The van der Waals surface area contributed by atoms with Crippen LogP contribution in [0.2, 0.25) is 0 Å². The highest BCUT2D eigenvalue weighted by atomic mass is 16.5. The highest BCUT2D eigenvalue weighted by Crippen LogP contribution is 2.18. The van der Waals surface area contributed by atoms with Gasteiger partial charge in [-0.2, -0.15) is 0 Å². The number of hydrogen-bond acceptors (Lipinski definition) is 5. The van der Waals surface area contributed by atoms with E-state index < -0.39 is 18.2 Å². The van der Waals surface area contributed by atoms with Crippen LogP contribution in [-0.2, 0) is 16.0 Å². The Morgan fingerprint density at radius 2 is 1.94 bits per heavy atom. The molecule has 17 heavy (non-hydrogen) atoms. The number of aliphatic hydroxyl groups excluding tert-OH is 2. The van der Waals surface area contributed by atoms with Crippen molar-refractivity contribution >= 4 is 5.97 Å². The van der Waals surface area contributed by atoms with Crippen LogP contribution in [0, 0.1) is 0 Å².